The largest absolute Gasteiger partial charge is 0.390 e. The van der Waals surface area contributed by atoms with Gasteiger partial charge in [-0.3, -0.25) is 24.0 Å². The third-order valence-electron chi connectivity index (χ3n) is 13.9. The molecule has 13 heteroatoms. The lowest BCUT2D eigenvalue weighted by atomic mass is 9.44. The molecule has 306 valence electrons. The van der Waals surface area contributed by atoms with Crippen molar-refractivity contribution in [3.8, 4) is 0 Å². The van der Waals surface area contributed by atoms with Crippen molar-refractivity contribution in [3.05, 3.63) is 90.0 Å². The van der Waals surface area contributed by atoms with Crippen LogP contribution in [0, 0.1) is 28.6 Å². The van der Waals surface area contributed by atoms with Crippen molar-refractivity contribution < 1.29 is 52.4 Å². The zero-order chi connectivity index (χ0) is 41.2. The fourth-order valence-electron chi connectivity index (χ4n) is 11.0. The summed E-state index contributed by atoms with van der Waals surface area (Å²) in [6.07, 6.45) is 3.77. The number of hydrogen-bond donors (Lipinski definition) is 3. The Morgan fingerprint density at radius 1 is 0.948 bits per heavy atom. The van der Waals surface area contributed by atoms with Gasteiger partial charge in [-0.05, 0) is 105 Å². The zero-order valence-electron chi connectivity index (χ0n) is 32.3. The van der Waals surface area contributed by atoms with Gasteiger partial charge in [0.15, 0.2) is 40.7 Å². The van der Waals surface area contributed by atoms with E-state index in [1.807, 2.05) is 48.5 Å². The predicted octanol–water partition coefficient (Wildman–Crippen LogP) is 6.69. The molecule has 0 unspecified atom stereocenters. The molecule has 1 amide bonds. The van der Waals surface area contributed by atoms with E-state index in [4.69, 9.17) is 9.47 Å². The molecule has 0 aromatic heterocycles. The van der Waals surface area contributed by atoms with Crippen molar-refractivity contribution in [2.24, 2.45) is 28.6 Å². The molecule has 4 fully saturated rings. The minimum Gasteiger partial charge on any atom is -0.390 e. The number of alkyl halides is 2. The minimum atomic E-state index is -2.33. The van der Waals surface area contributed by atoms with Gasteiger partial charge in [0.2, 0.25) is 5.91 Å². The maximum atomic E-state index is 17.7. The van der Waals surface area contributed by atoms with Gasteiger partial charge in [0.05, 0.1) is 18.1 Å². The van der Waals surface area contributed by atoms with Crippen LogP contribution in [0.2, 0.25) is 0 Å². The summed E-state index contributed by atoms with van der Waals surface area (Å²) >= 11 is 1.47. The van der Waals surface area contributed by atoms with E-state index in [0.29, 0.717) is 36.9 Å². The Bertz CT molecular complexity index is 2120. The molecule has 2 aromatic carbocycles. The van der Waals surface area contributed by atoms with Crippen LogP contribution in [0.15, 0.2) is 94.3 Å². The number of carbonyl (C=O) groups excluding carboxylic acids is 5. The van der Waals surface area contributed by atoms with Gasteiger partial charge < -0.3 is 25.0 Å². The molecule has 5 aliphatic carbocycles. The highest BCUT2D eigenvalue weighted by atomic mass is 32.2. The number of halogens is 2. The maximum Gasteiger partial charge on any atom is 0.224 e. The topological polar surface area (TPSA) is 156 Å². The molecule has 58 heavy (non-hydrogen) atoms. The Morgan fingerprint density at radius 2 is 1.69 bits per heavy atom. The number of nitrogens with one attached hydrogen (secondary N) is 1. The van der Waals surface area contributed by atoms with Crippen LogP contribution in [0.4, 0.5) is 14.5 Å². The quantitative estimate of drug-likeness (QED) is 0.156. The second kappa shape index (κ2) is 15.2. The van der Waals surface area contributed by atoms with Crippen LogP contribution in [-0.4, -0.2) is 75.5 Å². The zero-order valence-corrected chi connectivity index (χ0v) is 33.1. The van der Waals surface area contributed by atoms with E-state index in [1.54, 1.807) is 6.92 Å². The Kier molecular flexibility index (Phi) is 10.6. The van der Waals surface area contributed by atoms with Crippen LogP contribution in [0.25, 0.3) is 0 Å². The lowest BCUT2D eigenvalue weighted by Crippen LogP contribution is -2.70. The van der Waals surface area contributed by atoms with Crippen molar-refractivity contribution in [2.75, 3.05) is 11.9 Å². The number of unbranched alkanes of at least 4 members (excludes halogenated alkanes) is 2. The van der Waals surface area contributed by atoms with Gasteiger partial charge >= 0.3 is 0 Å². The number of allylic oxidation sites excluding steroid dienone is 6. The summed E-state index contributed by atoms with van der Waals surface area (Å²) in [7, 11) is 0. The molecule has 0 radical (unpaired) electrons. The third-order valence-corrected chi connectivity index (χ3v) is 14.9. The van der Waals surface area contributed by atoms with E-state index in [-0.39, 0.29) is 42.3 Å². The number of aliphatic hydroxyl groups is 2. The molecule has 1 heterocycles. The van der Waals surface area contributed by atoms with Crippen molar-refractivity contribution in [1.29, 1.82) is 0 Å². The summed E-state index contributed by atoms with van der Waals surface area (Å²) in [6, 6.07) is 14.8. The molecule has 10 nitrogen and oxygen atoms in total. The van der Waals surface area contributed by atoms with E-state index in [2.05, 4.69) is 5.32 Å². The number of Topliss-reactive ketones (excluding diaryl/α,β-unsaturated/α-hetero) is 1. The van der Waals surface area contributed by atoms with Gasteiger partial charge in [-0.25, -0.2) is 8.78 Å². The first kappa shape index (κ1) is 40.6. The van der Waals surface area contributed by atoms with Crippen LogP contribution in [0.5, 0.6) is 0 Å². The number of hydrogen-bond acceptors (Lipinski definition) is 10. The minimum absolute atomic E-state index is 0.0157. The summed E-state index contributed by atoms with van der Waals surface area (Å²) in [6.45, 7) is 2.41. The summed E-state index contributed by atoms with van der Waals surface area (Å²) in [5.41, 5.74) is -5.57. The molecular formula is C45H47F2NO9S. The number of rotatable bonds is 12. The number of fused-ring (bicyclic) bond motifs is 7. The highest BCUT2D eigenvalue weighted by molar-refractivity contribution is 7.99. The van der Waals surface area contributed by atoms with Crippen LogP contribution in [0.3, 0.4) is 0 Å². The Labute approximate surface area is 339 Å². The van der Waals surface area contributed by atoms with Crippen molar-refractivity contribution >= 4 is 46.5 Å². The average molecular weight is 816 g/mol. The first-order valence-corrected chi connectivity index (χ1v) is 20.8. The predicted molar refractivity (Wildman–Crippen MR) is 209 cm³/mol. The fourth-order valence-corrected chi connectivity index (χ4v) is 11.9. The molecule has 8 rings (SSSR count). The van der Waals surface area contributed by atoms with Gasteiger partial charge in [-0.1, -0.05) is 55.8 Å². The van der Waals surface area contributed by atoms with Crippen molar-refractivity contribution in [1.82, 2.24) is 0 Å². The van der Waals surface area contributed by atoms with Crippen molar-refractivity contribution in [2.45, 2.75) is 111 Å². The maximum absolute atomic E-state index is 17.7. The monoisotopic (exact) mass is 815 g/mol. The molecule has 1 saturated heterocycles. The first-order chi connectivity index (χ1) is 27.6. The molecule has 1 aliphatic heterocycles. The molecule has 2 aromatic rings. The van der Waals surface area contributed by atoms with Crippen molar-refractivity contribution in [3.63, 3.8) is 0 Å². The second-order valence-corrected chi connectivity index (χ2v) is 18.2. The average Bonchev–Trinajstić information content (AvgIpc) is 3.82. The highest BCUT2D eigenvalue weighted by Gasteiger charge is 2.80. The summed E-state index contributed by atoms with van der Waals surface area (Å²) in [5.74, 6) is -3.73. The SMILES string of the molecule is C[C@]12C=CC(=O)C=C1[C@@H](F)C[C@H]1[C@@H]3C[C@H]4O[C@@H](c5ccc(Sc6cccc(NC(=O)CCCCCC7C(=O)C=CC7=O)c6)cc5)O[C@@]4(C(=O)CO)[C@@]3(C)C[C@H](O)[C@@]12F. The van der Waals surface area contributed by atoms with E-state index in [1.165, 1.54) is 43.0 Å². The van der Waals surface area contributed by atoms with Crippen LogP contribution in [0.1, 0.15) is 77.1 Å². The van der Waals surface area contributed by atoms with Crippen LogP contribution in [-0.2, 0) is 33.4 Å². The number of anilines is 1. The van der Waals surface area contributed by atoms with E-state index in [0.717, 1.165) is 22.3 Å². The highest BCUT2D eigenvalue weighted by Crippen LogP contribution is 2.72. The third kappa shape index (κ3) is 6.39. The summed E-state index contributed by atoms with van der Waals surface area (Å²) in [4.78, 5) is 64.0. The number of amides is 1. The lowest BCUT2D eigenvalue weighted by Gasteiger charge is -2.63. The van der Waals surface area contributed by atoms with Gasteiger partial charge in [0.1, 0.15) is 12.8 Å². The number of carbonyl (C=O) groups is 5. The number of benzene rings is 2. The smallest absolute Gasteiger partial charge is 0.224 e. The Hall–Kier alpha value is -4.14. The van der Waals surface area contributed by atoms with E-state index >= 15 is 8.78 Å². The molecule has 0 bridgehead atoms. The normalized spacial score (nSPS) is 36.3. The van der Waals surface area contributed by atoms with Crippen LogP contribution < -0.4 is 5.32 Å². The summed E-state index contributed by atoms with van der Waals surface area (Å²) < 4.78 is 46.7. The number of ketones is 4. The number of aliphatic hydroxyl groups excluding tert-OH is 2. The molecule has 0 spiro atoms. The number of ether oxygens (including phenoxy) is 2. The van der Waals surface area contributed by atoms with Gasteiger partial charge in [-0.2, -0.15) is 0 Å². The van der Waals surface area contributed by atoms with E-state index < -0.39 is 82.7 Å². The van der Waals surface area contributed by atoms with E-state index in [9.17, 15) is 34.2 Å². The molecule has 3 saturated carbocycles. The molecule has 10 atom stereocenters. The van der Waals surface area contributed by atoms with Gasteiger partial charge in [0.25, 0.3) is 0 Å². The molecule has 3 N–H and O–H groups in total. The molecular weight excluding hydrogens is 769 g/mol. The molecule has 6 aliphatic rings. The fraction of sp³-hybridized carbons (Fsp3) is 0.489. The van der Waals surface area contributed by atoms with Crippen LogP contribution >= 0.6 is 11.8 Å². The van der Waals surface area contributed by atoms with Gasteiger partial charge in [-0.15, -0.1) is 0 Å². The lowest BCUT2D eigenvalue weighted by molar-refractivity contribution is -0.235. The Morgan fingerprint density at radius 3 is 2.41 bits per heavy atom. The first-order valence-electron chi connectivity index (χ1n) is 20.0. The summed E-state index contributed by atoms with van der Waals surface area (Å²) in [5, 5.41) is 25.0. The standard InChI is InChI=1S/C45H47F2NO9S/c1-42-18-17-27(50)20-33(42)34(46)21-32-31-22-39-45(38(54)24-49,43(31,2)23-37(53)44(32,42)47)57-41(56-39)25-11-13-28(14-12-25)58-29-8-6-7-26(19-29)48-40(55)10-5-3-4-9-30-35(51)15-16-36(30)52/h6-8,11-20,30-32,34,37,39,41,49,53H,3-5,9-10,21-24H2,1-2H3,(H,48,55)/t31-,32-,34-,37-,39+,41+,42-,43-,44-,45+/m0/s1. The second-order valence-electron chi connectivity index (χ2n) is 17.0. The van der Waals surface area contributed by atoms with Gasteiger partial charge in [0, 0.05) is 44.2 Å². The Balaban J connectivity index is 0.918.